The molecule has 10 heteroatoms. The molecule has 1 aromatic carbocycles. The van der Waals surface area contributed by atoms with Gasteiger partial charge < -0.3 is 15.7 Å². The number of aliphatic hydroxyl groups excluding tert-OH is 1. The zero-order valence-electron chi connectivity index (χ0n) is 13.5. The number of benzene rings is 1. The van der Waals surface area contributed by atoms with E-state index in [0.717, 1.165) is 16.9 Å². The van der Waals surface area contributed by atoms with Gasteiger partial charge in [0.1, 0.15) is 5.69 Å². The molecular formula is C16H18ClF3N4O2. The normalized spacial score (nSPS) is 19.8. The smallest absolute Gasteiger partial charge is 0.391 e. The number of hydrogen-bond donors (Lipinski definition) is 3. The molecule has 1 aromatic heterocycles. The first kappa shape index (κ1) is 20.2. The minimum atomic E-state index is -4.54. The quantitative estimate of drug-likeness (QED) is 0.741. The van der Waals surface area contributed by atoms with Gasteiger partial charge in [0, 0.05) is 31.1 Å². The Balaban J connectivity index is 0.00000243. The van der Waals surface area contributed by atoms with E-state index in [1.807, 2.05) is 0 Å². The van der Waals surface area contributed by atoms with Crippen molar-refractivity contribution in [1.29, 1.82) is 0 Å². The molecule has 1 aliphatic rings. The molecular weight excluding hydrogens is 373 g/mol. The van der Waals surface area contributed by atoms with Gasteiger partial charge in [-0.2, -0.15) is 18.3 Å². The molecule has 0 aliphatic carbocycles. The lowest BCUT2D eigenvalue weighted by molar-refractivity contribution is -0.142. The van der Waals surface area contributed by atoms with E-state index in [-0.39, 0.29) is 36.1 Å². The van der Waals surface area contributed by atoms with Crippen LogP contribution in [0, 0.1) is 5.92 Å². The van der Waals surface area contributed by atoms with E-state index >= 15 is 0 Å². The van der Waals surface area contributed by atoms with Crippen LogP contribution in [0.25, 0.3) is 5.69 Å². The van der Waals surface area contributed by atoms with Crippen molar-refractivity contribution < 1.29 is 23.1 Å². The first-order valence-electron chi connectivity index (χ1n) is 7.75. The molecule has 0 bridgehead atoms. The number of amides is 1. The number of aromatic nitrogens is 2. The molecule has 2 heterocycles. The molecule has 3 N–H and O–H groups in total. The Morgan fingerprint density at radius 1 is 1.35 bits per heavy atom. The van der Waals surface area contributed by atoms with E-state index in [4.69, 9.17) is 0 Å². The Morgan fingerprint density at radius 3 is 2.77 bits per heavy atom. The summed E-state index contributed by atoms with van der Waals surface area (Å²) in [7, 11) is 0. The minimum absolute atomic E-state index is 0. The number of alkyl halides is 3. The predicted molar refractivity (Wildman–Crippen MR) is 90.5 cm³/mol. The molecule has 1 fully saturated rings. The largest absolute Gasteiger partial charge is 0.433 e. The molecule has 1 aliphatic heterocycles. The van der Waals surface area contributed by atoms with E-state index in [9.17, 15) is 23.1 Å². The number of hydrogen-bond acceptors (Lipinski definition) is 4. The molecule has 0 radical (unpaired) electrons. The van der Waals surface area contributed by atoms with E-state index in [2.05, 4.69) is 15.7 Å². The maximum atomic E-state index is 13.0. The van der Waals surface area contributed by atoms with Crippen molar-refractivity contribution in [3.05, 3.63) is 47.8 Å². The maximum absolute atomic E-state index is 13.0. The van der Waals surface area contributed by atoms with E-state index in [1.54, 1.807) is 0 Å². The zero-order valence-corrected chi connectivity index (χ0v) is 14.3. The Kier molecular flexibility index (Phi) is 6.27. The van der Waals surface area contributed by atoms with Gasteiger partial charge in [-0.3, -0.25) is 4.79 Å². The molecule has 1 saturated heterocycles. The van der Waals surface area contributed by atoms with Crippen LogP contribution < -0.4 is 10.6 Å². The molecule has 0 spiro atoms. The Labute approximate surface area is 153 Å². The highest BCUT2D eigenvalue weighted by Crippen LogP contribution is 2.30. The van der Waals surface area contributed by atoms with Gasteiger partial charge >= 0.3 is 6.18 Å². The van der Waals surface area contributed by atoms with E-state index in [1.165, 1.54) is 24.3 Å². The lowest BCUT2D eigenvalue weighted by Crippen LogP contribution is -2.34. The van der Waals surface area contributed by atoms with Gasteiger partial charge in [0.05, 0.1) is 18.0 Å². The third-order valence-electron chi connectivity index (χ3n) is 4.12. The number of aliphatic hydroxyl groups is 1. The predicted octanol–water partition coefficient (Wildman–Crippen LogP) is 1.62. The van der Waals surface area contributed by atoms with Gasteiger partial charge in [-0.25, -0.2) is 4.68 Å². The minimum Gasteiger partial charge on any atom is -0.391 e. The average molecular weight is 391 g/mol. The average Bonchev–Trinajstić information content (AvgIpc) is 3.21. The van der Waals surface area contributed by atoms with Crippen LogP contribution >= 0.6 is 12.4 Å². The van der Waals surface area contributed by atoms with Gasteiger partial charge in [-0.05, 0) is 24.3 Å². The highest BCUT2D eigenvalue weighted by Gasteiger charge is 2.35. The number of nitrogens with zero attached hydrogens (tertiary/aromatic N) is 2. The molecule has 26 heavy (non-hydrogen) atoms. The molecule has 2 unspecified atom stereocenters. The second kappa shape index (κ2) is 8.07. The Hall–Kier alpha value is -2.10. The van der Waals surface area contributed by atoms with Crippen molar-refractivity contribution in [2.45, 2.75) is 12.3 Å². The SMILES string of the molecule is Cl.O=C(NCC1CNCC1O)c1cccc(-n2nccc2C(F)(F)F)c1. The van der Waals surface area contributed by atoms with Gasteiger partial charge in [0.15, 0.2) is 0 Å². The fourth-order valence-electron chi connectivity index (χ4n) is 2.76. The van der Waals surface area contributed by atoms with Crippen molar-refractivity contribution in [3.8, 4) is 5.69 Å². The fraction of sp³-hybridized carbons (Fsp3) is 0.375. The molecule has 2 aromatic rings. The van der Waals surface area contributed by atoms with Gasteiger partial charge in [-0.1, -0.05) is 6.07 Å². The summed E-state index contributed by atoms with van der Waals surface area (Å²) in [6.07, 6.45) is -4.00. The topological polar surface area (TPSA) is 79.2 Å². The van der Waals surface area contributed by atoms with Crippen molar-refractivity contribution in [3.63, 3.8) is 0 Å². The summed E-state index contributed by atoms with van der Waals surface area (Å²) in [6, 6.07) is 6.68. The van der Waals surface area contributed by atoms with Crippen LogP contribution in [0.4, 0.5) is 13.2 Å². The van der Waals surface area contributed by atoms with Crippen LogP contribution in [0.15, 0.2) is 36.5 Å². The molecule has 2 atom stereocenters. The third kappa shape index (κ3) is 4.35. The van der Waals surface area contributed by atoms with Gasteiger partial charge in [-0.15, -0.1) is 12.4 Å². The lowest BCUT2D eigenvalue weighted by Gasteiger charge is -2.15. The van der Waals surface area contributed by atoms with E-state index in [0.29, 0.717) is 13.1 Å². The number of halogens is 4. The maximum Gasteiger partial charge on any atom is 0.433 e. The summed E-state index contributed by atoms with van der Waals surface area (Å²) in [5.74, 6) is -0.503. The first-order valence-corrected chi connectivity index (χ1v) is 7.75. The highest BCUT2D eigenvalue weighted by atomic mass is 35.5. The van der Waals surface area contributed by atoms with Crippen molar-refractivity contribution >= 4 is 18.3 Å². The molecule has 3 rings (SSSR count). The summed E-state index contributed by atoms with van der Waals surface area (Å²) in [5, 5.41) is 19.1. The lowest BCUT2D eigenvalue weighted by atomic mass is 10.1. The van der Waals surface area contributed by atoms with Crippen LogP contribution in [0.2, 0.25) is 0 Å². The van der Waals surface area contributed by atoms with Crippen LogP contribution in [0.5, 0.6) is 0 Å². The second-order valence-corrected chi connectivity index (χ2v) is 5.87. The van der Waals surface area contributed by atoms with Gasteiger partial charge in [0.25, 0.3) is 5.91 Å². The highest BCUT2D eigenvalue weighted by molar-refractivity contribution is 5.94. The zero-order chi connectivity index (χ0) is 18.0. The monoisotopic (exact) mass is 390 g/mol. The standard InChI is InChI=1S/C16H17F3N4O2.ClH/c17-16(18,19)14-4-5-22-23(14)12-3-1-2-10(6-12)15(25)21-8-11-7-20-9-13(11)24;/h1-6,11,13,20,24H,7-9H2,(H,21,25);1H. The summed E-state index contributed by atoms with van der Waals surface area (Å²) in [5.41, 5.74) is -0.542. The fourth-order valence-corrected chi connectivity index (χ4v) is 2.76. The van der Waals surface area contributed by atoms with Gasteiger partial charge in [0.2, 0.25) is 0 Å². The number of β-amino-alcohol motifs (C(OH)–C–C–N with tert-alkyl or cyclic N) is 1. The Bertz CT molecular complexity index is 766. The van der Waals surface area contributed by atoms with Crippen LogP contribution in [-0.4, -0.2) is 46.5 Å². The number of carbonyl (C=O) groups excluding carboxylic acids is 1. The van der Waals surface area contributed by atoms with Crippen molar-refractivity contribution in [1.82, 2.24) is 20.4 Å². The number of nitrogens with one attached hydrogen (secondary N) is 2. The summed E-state index contributed by atoms with van der Waals surface area (Å²) < 4.78 is 39.7. The first-order chi connectivity index (χ1) is 11.9. The summed E-state index contributed by atoms with van der Waals surface area (Å²) in [6.45, 7) is 1.37. The summed E-state index contributed by atoms with van der Waals surface area (Å²) in [4.78, 5) is 12.2. The molecule has 1 amide bonds. The Morgan fingerprint density at radius 2 is 2.12 bits per heavy atom. The molecule has 6 nitrogen and oxygen atoms in total. The van der Waals surface area contributed by atoms with Crippen molar-refractivity contribution in [2.75, 3.05) is 19.6 Å². The summed E-state index contributed by atoms with van der Waals surface area (Å²) >= 11 is 0. The number of carbonyl (C=O) groups is 1. The molecule has 0 saturated carbocycles. The van der Waals surface area contributed by atoms with Crippen LogP contribution in [-0.2, 0) is 6.18 Å². The third-order valence-corrected chi connectivity index (χ3v) is 4.12. The van der Waals surface area contributed by atoms with Crippen LogP contribution in [0.1, 0.15) is 16.1 Å². The van der Waals surface area contributed by atoms with E-state index < -0.39 is 23.9 Å². The second-order valence-electron chi connectivity index (χ2n) is 5.87. The van der Waals surface area contributed by atoms with Crippen LogP contribution in [0.3, 0.4) is 0 Å². The molecule has 142 valence electrons. The van der Waals surface area contributed by atoms with Crippen molar-refractivity contribution in [2.24, 2.45) is 5.92 Å². The number of rotatable bonds is 4.